The van der Waals surface area contributed by atoms with Gasteiger partial charge >= 0.3 is 6.03 Å². The standard InChI is InChI=1S/C13H19BrN2O3/c1-9(8-18-2)16-13(17)15-7-10-4-5-12(19-3)11(14)6-10/h4-6,9H,7-8H2,1-3H3,(H2,15,16,17)/t9-/m1/s1. The molecule has 0 saturated heterocycles. The van der Waals surface area contributed by atoms with Gasteiger partial charge in [0.2, 0.25) is 0 Å². The van der Waals surface area contributed by atoms with E-state index in [4.69, 9.17) is 9.47 Å². The van der Waals surface area contributed by atoms with Crippen LogP contribution in [0.15, 0.2) is 22.7 Å². The van der Waals surface area contributed by atoms with E-state index in [1.54, 1.807) is 14.2 Å². The summed E-state index contributed by atoms with van der Waals surface area (Å²) in [5.74, 6) is 0.766. The first-order valence-corrected chi connectivity index (χ1v) is 6.71. The van der Waals surface area contributed by atoms with Crippen molar-refractivity contribution in [2.75, 3.05) is 20.8 Å². The Labute approximate surface area is 121 Å². The van der Waals surface area contributed by atoms with Gasteiger partial charge in [-0.25, -0.2) is 4.79 Å². The molecule has 6 heteroatoms. The summed E-state index contributed by atoms with van der Waals surface area (Å²) in [6.45, 7) is 2.82. The van der Waals surface area contributed by atoms with Crippen LogP contribution in [0, 0.1) is 0 Å². The van der Waals surface area contributed by atoms with Crippen LogP contribution in [0.25, 0.3) is 0 Å². The number of methoxy groups -OCH3 is 2. The quantitative estimate of drug-likeness (QED) is 0.841. The van der Waals surface area contributed by atoms with Crippen LogP contribution >= 0.6 is 15.9 Å². The van der Waals surface area contributed by atoms with E-state index in [2.05, 4.69) is 26.6 Å². The molecule has 1 atom stereocenters. The molecule has 5 nitrogen and oxygen atoms in total. The number of hydrogen-bond donors (Lipinski definition) is 2. The maximum Gasteiger partial charge on any atom is 0.315 e. The summed E-state index contributed by atoms with van der Waals surface area (Å²) in [7, 11) is 3.22. The number of carbonyl (C=O) groups excluding carboxylic acids is 1. The monoisotopic (exact) mass is 330 g/mol. The molecule has 0 fully saturated rings. The van der Waals surface area contributed by atoms with E-state index in [1.165, 1.54) is 0 Å². The van der Waals surface area contributed by atoms with Gasteiger partial charge in [-0.05, 0) is 40.5 Å². The van der Waals surface area contributed by atoms with Gasteiger partial charge in [-0.1, -0.05) is 6.07 Å². The summed E-state index contributed by atoms with van der Waals surface area (Å²) in [5, 5.41) is 5.56. The lowest BCUT2D eigenvalue weighted by Crippen LogP contribution is -2.42. The van der Waals surface area contributed by atoms with Gasteiger partial charge in [0, 0.05) is 13.7 Å². The molecule has 2 N–H and O–H groups in total. The number of carbonyl (C=O) groups is 1. The van der Waals surface area contributed by atoms with E-state index >= 15 is 0 Å². The molecule has 0 aliphatic rings. The van der Waals surface area contributed by atoms with Crippen molar-refractivity contribution in [2.24, 2.45) is 0 Å². The Bertz CT molecular complexity index is 426. The number of ether oxygens (including phenoxy) is 2. The molecule has 0 aliphatic carbocycles. The molecule has 0 unspecified atom stereocenters. The number of urea groups is 1. The Kier molecular flexibility index (Phi) is 6.66. The zero-order valence-electron chi connectivity index (χ0n) is 11.3. The largest absolute Gasteiger partial charge is 0.496 e. The van der Waals surface area contributed by atoms with Crippen molar-refractivity contribution in [3.05, 3.63) is 28.2 Å². The summed E-state index contributed by atoms with van der Waals surface area (Å²) in [6, 6.07) is 5.44. The van der Waals surface area contributed by atoms with Crippen molar-refractivity contribution in [3.8, 4) is 5.75 Å². The van der Waals surface area contributed by atoms with Crippen LogP contribution in [0.1, 0.15) is 12.5 Å². The molecule has 0 bridgehead atoms. The molecule has 0 radical (unpaired) electrons. The van der Waals surface area contributed by atoms with Crippen LogP contribution in [0.5, 0.6) is 5.75 Å². The average Bonchev–Trinajstić information content (AvgIpc) is 2.36. The molecule has 0 heterocycles. The minimum Gasteiger partial charge on any atom is -0.496 e. The molecule has 0 aromatic heterocycles. The zero-order chi connectivity index (χ0) is 14.3. The van der Waals surface area contributed by atoms with E-state index < -0.39 is 0 Å². The van der Waals surface area contributed by atoms with Crippen molar-refractivity contribution in [3.63, 3.8) is 0 Å². The van der Waals surface area contributed by atoms with Crippen LogP contribution < -0.4 is 15.4 Å². The maximum absolute atomic E-state index is 11.6. The van der Waals surface area contributed by atoms with Gasteiger partial charge in [0.1, 0.15) is 5.75 Å². The molecule has 2 amide bonds. The van der Waals surface area contributed by atoms with Crippen LogP contribution in [0.4, 0.5) is 4.79 Å². The normalized spacial score (nSPS) is 11.8. The Morgan fingerprint density at radius 3 is 2.74 bits per heavy atom. The highest BCUT2D eigenvalue weighted by Gasteiger charge is 2.07. The minimum atomic E-state index is -0.212. The Hall–Kier alpha value is -1.27. The Balaban J connectivity index is 2.44. The van der Waals surface area contributed by atoms with Crippen LogP contribution in [-0.2, 0) is 11.3 Å². The first-order valence-electron chi connectivity index (χ1n) is 5.92. The van der Waals surface area contributed by atoms with E-state index in [0.717, 1.165) is 15.8 Å². The van der Waals surface area contributed by atoms with Crippen molar-refractivity contribution >= 4 is 22.0 Å². The van der Waals surface area contributed by atoms with E-state index in [9.17, 15) is 4.79 Å². The molecule has 1 rings (SSSR count). The summed E-state index contributed by atoms with van der Waals surface area (Å²) >= 11 is 3.41. The van der Waals surface area contributed by atoms with Gasteiger partial charge in [-0.2, -0.15) is 0 Å². The van der Waals surface area contributed by atoms with Crippen molar-refractivity contribution in [1.82, 2.24) is 10.6 Å². The molecule has 0 spiro atoms. The highest BCUT2D eigenvalue weighted by molar-refractivity contribution is 9.10. The Morgan fingerprint density at radius 1 is 1.42 bits per heavy atom. The molecule has 1 aromatic rings. The SMILES string of the molecule is COC[C@@H](C)NC(=O)NCc1ccc(OC)c(Br)c1. The fourth-order valence-corrected chi connectivity index (χ4v) is 2.16. The minimum absolute atomic E-state index is 0.0207. The fraction of sp³-hybridized carbons (Fsp3) is 0.462. The third-order valence-corrected chi connectivity index (χ3v) is 3.08. The first-order chi connectivity index (χ1) is 9.06. The average molecular weight is 331 g/mol. The van der Waals surface area contributed by atoms with Gasteiger partial charge in [-0.3, -0.25) is 0 Å². The second-order valence-electron chi connectivity index (χ2n) is 4.15. The number of benzene rings is 1. The maximum atomic E-state index is 11.6. The lowest BCUT2D eigenvalue weighted by Gasteiger charge is -2.14. The zero-order valence-corrected chi connectivity index (χ0v) is 12.9. The summed E-state index contributed by atoms with van der Waals surface area (Å²) < 4.78 is 11.0. The van der Waals surface area contributed by atoms with Crippen molar-refractivity contribution < 1.29 is 14.3 Å². The molecule has 0 saturated carbocycles. The summed E-state index contributed by atoms with van der Waals surface area (Å²) in [4.78, 5) is 11.6. The van der Waals surface area contributed by atoms with E-state index in [0.29, 0.717) is 13.2 Å². The fourth-order valence-electron chi connectivity index (χ4n) is 1.57. The van der Waals surface area contributed by atoms with Gasteiger partial charge in [0.25, 0.3) is 0 Å². The van der Waals surface area contributed by atoms with Gasteiger partial charge in [0.15, 0.2) is 0 Å². The second-order valence-corrected chi connectivity index (χ2v) is 5.01. The number of hydrogen-bond acceptors (Lipinski definition) is 3. The number of halogens is 1. The van der Waals surface area contributed by atoms with E-state index in [-0.39, 0.29) is 12.1 Å². The van der Waals surface area contributed by atoms with E-state index in [1.807, 2.05) is 25.1 Å². The molecule has 106 valence electrons. The Morgan fingerprint density at radius 2 is 2.16 bits per heavy atom. The topological polar surface area (TPSA) is 59.6 Å². The molecular formula is C13H19BrN2O3. The molecule has 19 heavy (non-hydrogen) atoms. The molecule has 0 aliphatic heterocycles. The predicted molar refractivity (Wildman–Crippen MR) is 77.4 cm³/mol. The highest BCUT2D eigenvalue weighted by atomic mass is 79.9. The van der Waals surface area contributed by atoms with Crippen LogP contribution in [0.2, 0.25) is 0 Å². The van der Waals surface area contributed by atoms with Crippen molar-refractivity contribution in [1.29, 1.82) is 0 Å². The molecular weight excluding hydrogens is 312 g/mol. The third kappa shape index (κ3) is 5.48. The number of nitrogens with one attached hydrogen (secondary N) is 2. The first kappa shape index (κ1) is 15.8. The van der Waals surface area contributed by atoms with Gasteiger partial charge in [-0.15, -0.1) is 0 Å². The van der Waals surface area contributed by atoms with Gasteiger partial charge in [0.05, 0.1) is 24.2 Å². The number of rotatable bonds is 6. The third-order valence-electron chi connectivity index (χ3n) is 2.46. The van der Waals surface area contributed by atoms with Crippen molar-refractivity contribution in [2.45, 2.75) is 19.5 Å². The number of amides is 2. The van der Waals surface area contributed by atoms with Crippen LogP contribution in [0.3, 0.4) is 0 Å². The van der Waals surface area contributed by atoms with Crippen LogP contribution in [-0.4, -0.2) is 32.9 Å². The highest BCUT2D eigenvalue weighted by Crippen LogP contribution is 2.25. The smallest absolute Gasteiger partial charge is 0.315 e. The summed E-state index contributed by atoms with van der Waals surface area (Å²) in [6.07, 6.45) is 0. The predicted octanol–water partition coefficient (Wildman–Crippen LogP) is 2.29. The lowest BCUT2D eigenvalue weighted by atomic mass is 10.2. The van der Waals surface area contributed by atoms with Gasteiger partial charge < -0.3 is 20.1 Å². The lowest BCUT2D eigenvalue weighted by molar-refractivity contribution is 0.171. The molecule has 1 aromatic carbocycles. The summed E-state index contributed by atoms with van der Waals surface area (Å²) in [5.41, 5.74) is 0.988. The second kappa shape index (κ2) is 8.01.